The van der Waals surface area contributed by atoms with Gasteiger partial charge in [0.05, 0.1) is 17.9 Å². The first kappa shape index (κ1) is 12.2. The van der Waals surface area contributed by atoms with E-state index in [0.717, 1.165) is 15.7 Å². The second-order valence-corrected chi connectivity index (χ2v) is 4.59. The third-order valence-electron chi connectivity index (χ3n) is 2.57. The topological polar surface area (TPSA) is 63.8 Å². The highest BCUT2D eigenvalue weighted by Crippen LogP contribution is 2.24. The molecule has 1 aromatic heterocycles. The zero-order valence-corrected chi connectivity index (χ0v) is 11.0. The summed E-state index contributed by atoms with van der Waals surface area (Å²) in [6.07, 6.45) is 5.00. The number of aryl methyl sites for hydroxylation is 1. The molecule has 0 amide bonds. The summed E-state index contributed by atoms with van der Waals surface area (Å²) in [6.45, 7) is 2.04. The number of hydrogen-bond acceptors (Lipinski definition) is 4. The zero-order valence-electron chi connectivity index (χ0n) is 9.39. The predicted molar refractivity (Wildman–Crippen MR) is 70.1 cm³/mol. The van der Waals surface area contributed by atoms with E-state index >= 15 is 0 Å². The molecule has 3 N–H and O–H groups in total. The number of nitrogens with one attached hydrogen (secondary N) is 1. The van der Waals surface area contributed by atoms with Gasteiger partial charge in [0, 0.05) is 16.9 Å². The maximum Gasteiger partial charge on any atom is 0.0897 e. The van der Waals surface area contributed by atoms with E-state index in [4.69, 9.17) is 5.84 Å². The average molecular weight is 293 g/mol. The number of hydrogen-bond donors (Lipinski definition) is 2. The fourth-order valence-electron chi connectivity index (χ4n) is 1.60. The van der Waals surface area contributed by atoms with Crippen molar-refractivity contribution in [3.8, 4) is 0 Å². The molecule has 0 saturated carbocycles. The highest BCUT2D eigenvalue weighted by molar-refractivity contribution is 9.10. The molecule has 1 aromatic carbocycles. The van der Waals surface area contributed by atoms with Crippen LogP contribution in [0.1, 0.15) is 22.9 Å². The summed E-state index contributed by atoms with van der Waals surface area (Å²) in [7, 11) is 0. The number of nitrogens with two attached hydrogens (primary N) is 1. The van der Waals surface area contributed by atoms with Crippen LogP contribution in [0, 0.1) is 6.92 Å². The lowest BCUT2D eigenvalue weighted by atomic mass is 10.0. The van der Waals surface area contributed by atoms with Crippen molar-refractivity contribution < 1.29 is 0 Å². The molecule has 0 aliphatic rings. The Morgan fingerprint density at radius 2 is 2.18 bits per heavy atom. The number of benzene rings is 1. The lowest BCUT2D eigenvalue weighted by molar-refractivity contribution is 0.617. The van der Waals surface area contributed by atoms with Crippen LogP contribution in [-0.2, 0) is 0 Å². The molecule has 0 radical (unpaired) electrons. The van der Waals surface area contributed by atoms with Gasteiger partial charge in [-0.1, -0.05) is 28.1 Å². The summed E-state index contributed by atoms with van der Waals surface area (Å²) in [5.41, 5.74) is 5.79. The van der Waals surface area contributed by atoms with Crippen LogP contribution >= 0.6 is 15.9 Å². The summed E-state index contributed by atoms with van der Waals surface area (Å²) in [6, 6.07) is 5.95. The van der Waals surface area contributed by atoms with Crippen LogP contribution in [0.15, 0.2) is 41.3 Å². The summed E-state index contributed by atoms with van der Waals surface area (Å²) >= 11 is 3.51. The number of rotatable bonds is 3. The molecule has 1 heterocycles. The number of hydrazine groups is 1. The fourth-order valence-corrected chi connectivity index (χ4v) is 2.00. The van der Waals surface area contributed by atoms with Crippen molar-refractivity contribution in [1.29, 1.82) is 0 Å². The van der Waals surface area contributed by atoms with Gasteiger partial charge in [0.15, 0.2) is 0 Å². The highest BCUT2D eigenvalue weighted by atomic mass is 79.9. The second kappa shape index (κ2) is 5.35. The van der Waals surface area contributed by atoms with Gasteiger partial charge >= 0.3 is 0 Å². The molecule has 17 heavy (non-hydrogen) atoms. The van der Waals surface area contributed by atoms with Crippen molar-refractivity contribution in [2.45, 2.75) is 13.0 Å². The van der Waals surface area contributed by atoms with Gasteiger partial charge in [0.1, 0.15) is 0 Å². The molecule has 0 spiro atoms. The standard InChI is InChI=1S/C12H13BrN4/c1-8-2-3-9(6-10(8)13)12(17-14)11-7-15-4-5-16-11/h2-7,12,17H,14H2,1H3. The van der Waals surface area contributed by atoms with Gasteiger partial charge in [0.2, 0.25) is 0 Å². The van der Waals surface area contributed by atoms with Gasteiger partial charge in [-0.15, -0.1) is 0 Å². The number of aromatic nitrogens is 2. The lowest BCUT2D eigenvalue weighted by Gasteiger charge is -2.16. The van der Waals surface area contributed by atoms with Gasteiger partial charge in [-0.05, 0) is 24.1 Å². The Balaban J connectivity index is 2.39. The minimum atomic E-state index is -0.152. The maximum absolute atomic E-state index is 5.59. The third kappa shape index (κ3) is 2.69. The molecular weight excluding hydrogens is 280 g/mol. The van der Waals surface area contributed by atoms with Gasteiger partial charge in [0.25, 0.3) is 0 Å². The number of nitrogens with zero attached hydrogens (tertiary/aromatic N) is 2. The molecule has 0 aliphatic heterocycles. The monoisotopic (exact) mass is 292 g/mol. The Labute approximate surface area is 108 Å². The van der Waals surface area contributed by atoms with Crippen LogP contribution in [0.5, 0.6) is 0 Å². The molecule has 1 atom stereocenters. The summed E-state index contributed by atoms with van der Waals surface area (Å²) in [5.74, 6) is 5.59. The third-order valence-corrected chi connectivity index (χ3v) is 3.43. The quantitative estimate of drug-likeness (QED) is 0.672. The molecular formula is C12H13BrN4. The second-order valence-electron chi connectivity index (χ2n) is 3.74. The van der Waals surface area contributed by atoms with E-state index in [9.17, 15) is 0 Å². The first-order valence-electron chi connectivity index (χ1n) is 5.20. The Hall–Kier alpha value is -1.30. The van der Waals surface area contributed by atoms with Crippen molar-refractivity contribution in [3.63, 3.8) is 0 Å². The predicted octanol–water partition coefficient (Wildman–Crippen LogP) is 2.10. The van der Waals surface area contributed by atoms with Crippen molar-refractivity contribution >= 4 is 15.9 Å². The summed E-state index contributed by atoms with van der Waals surface area (Å²) in [5, 5.41) is 0. The summed E-state index contributed by atoms with van der Waals surface area (Å²) in [4.78, 5) is 8.31. The summed E-state index contributed by atoms with van der Waals surface area (Å²) < 4.78 is 1.05. The SMILES string of the molecule is Cc1ccc(C(NN)c2cnccn2)cc1Br. The van der Waals surface area contributed by atoms with Gasteiger partial charge in [-0.2, -0.15) is 0 Å². The van der Waals surface area contributed by atoms with Gasteiger partial charge in [-0.3, -0.25) is 15.8 Å². The van der Waals surface area contributed by atoms with Crippen molar-refractivity contribution in [1.82, 2.24) is 15.4 Å². The first-order valence-corrected chi connectivity index (χ1v) is 5.99. The van der Waals surface area contributed by atoms with Crippen LogP contribution in [-0.4, -0.2) is 9.97 Å². The van der Waals surface area contributed by atoms with Crippen LogP contribution in [0.25, 0.3) is 0 Å². The van der Waals surface area contributed by atoms with E-state index in [0.29, 0.717) is 0 Å². The van der Waals surface area contributed by atoms with Crippen LogP contribution in [0.4, 0.5) is 0 Å². The molecule has 1 unspecified atom stereocenters. The molecule has 0 bridgehead atoms. The lowest BCUT2D eigenvalue weighted by Crippen LogP contribution is -2.29. The van der Waals surface area contributed by atoms with Gasteiger partial charge < -0.3 is 0 Å². The van der Waals surface area contributed by atoms with Crippen molar-refractivity contribution in [3.05, 3.63) is 58.1 Å². The first-order chi connectivity index (χ1) is 8.22. The molecule has 88 valence electrons. The smallest absolute Gasteiger partial charge is 0.0897 e. The molecule has 0 aliphatic carbocycles. The molecule has 4 nitrogen and oxygen atoms in total. The van der Waals surface area contributed by atoms with E-state index in [1.807, 2.05) is 25.1 Å². The Morgan fingerprint density at radius 3 is 2.76 bits per heavy atom. The Kier molecular flexibility index (Phi) is 3.83. The molecule has 2 rings (SSSR count). The maximum atomic E-state index is 5.59. The van der Waals surface area contributed by atoms with E-state index in [1.165, 1.54) is 5.56 Å². The van der Waals surface area contributed by atoms with Crippen LogP contribution < -0.4 is 11.3 Å². The van der Waals surface area contributed by atoms with Crippen LogP contribution in [0.2, 0.25) is 0 Å². The molecule has 0 saturated heterocycles. The molecule has 2 aromatic rings. The van der Waals surface area contributed by atoms with Crippen LogP contribution in [0.3, 0.4) is 0 Å². The zero-order chi connectivity index (χ0) is 12.3. The largest absolute Gasteiger partial charge is 0.271 e. The van der Waals surface area contributed by atoms with E-state index in [2.05, 4.69) is 31.3 Å². The average Bonchev–Trinajstić information content (AvgIpc) is 2.36. The van der Waals surface area contributed by atoms with Crippen molar-refractivity contribution in [2.75, 3.05) is 0 Å². The fraction of sp³-hybridized carbons (Fsp3) is 0.167. The van der Waals surface area contributed by atoms with Gasteiger partial charge in [-0.25, -0.2) is 5.43 Å². The van der Waals surface area contributed by atoms with E-state index < -0.39 is 0 Å². The minimum absolute atomic E-state index is 0.152. The van der Waals surface area contributed by atoms with E-state index in [1.54, 1.807) is 18.6 Å². The Morgan fingerprint density at radius 1 is 1.35 bits per heavy atom. The normalized spacial score (nSPS) is 12.4. The Bertz CT molecular complexity index is 501. The van der Waals surface area contributed by atoms with Crippen molar-refractivity contribution in [2.24, 2.45) is 5.84 Å². The molecule has 5 heteroatoms. The number of halogens is 1. The molecule has 0 fully saturated rings. The van der Waals surface area contributed by atoms with E-state index in [-0.39, 0.29) is 6.04 Å². The minimum Gasteiger partial charge on any atom is -0.271 e. The highest BCUT2D eigenvalue weighted by Gasteiger charge is 2.14.